The number of aromatic carboxylic acids is 1. The zero-order valence-electron chi connectivity index (χ0n) is 7.83. The molecular formula is C10H9ClN2O2. The largest absolute Gasteiger partial charge is 0.478 e. The smallest absolute Gasteiger partial charge is 0.337 e. The van der Waals surface area contributed by atoms with Crippen LogP contribution in [0.15, 0.2) is 12.3 Å². The van der Waals surface area contributed by atoms with E-state index in [9.17, 15) is 4.79 Å². The Balaban J connectivity index is 2.76. The molecule has 0 amide bonds. The molecule has 1 aromatic heterocycles. The molecule has 4 nitrogen and oxygen atoms in total. The molecule has 1 aromatic rings. The van der Waals surface area contributed by atoms with Gasteiger partial charge in [-0.2, -0.15) is 0 Å². The van der Waals surface area contributed by atoms with Gasteiger partial charge in [-0.05, 0) is 6.07 Å². The Morgan fingerprint density at radius 2 is 2.47 bits per heavy atom. The van der Waals surface area contributed by atoms with Gasteiger partial charge in [-0.1, -0.05) is 11.6 Å². The summed E-state index contributed by atoms with van der Waals surface area (Å²) in [5.41, 5.74) is 0.0579. The third-order valence-corrected chi connectivity index (χ3v) is 1.94. The first-order valence-corrected chi connectivity index (χ1v) is 4.59. The van der Waals surface area contributed by atoms with Crippen LogP contribution in [0.3, 0.4) is 0 Å². The molecule has 78 valence electrons. The highest BCUT2D eigenvalue weighted by Gasteiger charge is 2.07. The summed E-state index contributed by atoms with van der Waals surface area (Å²) in [4.78, 5) is 14.5. The number of carboxylic acid groups (broad SMARTS) is 1. The van der Waals surface area contributed by atoms with Crippen LogP contribution in [0.5, 0.6) is 0 Å². The van der Waals surface area contributed by atoms with Crippen LogP contribution in [0.2, 0.25) is 5.02 Å². The highest BCUT2D eigenvalue weighted by molar-refractivity contribution is 6.33. The first-order chi connectivity index (χ1) is 7.15. The van der Waals surface area contributed by atoms with E-state index in [1.54, 1.807) is 0 Å². The minimum Gasteiger partial charge on any atom is -0.478 e. The lowest BCUT2D eigenvalue weighted by atomic mass is 10.3. The molecule has 0 fully saturated rings. The van der Waals surface area contributed by atoms with Crippen LogP contribution in [-0.2, 0) is 0 Å². The van der Waals surface area contributed by atoms with Crippen LogP contribution in [0.4, 0.5) is 5.82 Å². The zero-order chi connectivity index (χ0) is 11.3. The van der Waals surface area contributed by atoms with Crippen LogP contribution < -0.4 is 5.32 Å². The molecule has 15 heavy (non-hydrogen) atoms. The first kappa shape index (κ1) is 11.3. The molecule has 2 N–H and O–H groups in total. The van der Waals surface area contributed by atoms with E-state index >= 15 is 0 Å². The number of nitrogens with one attached hydrogen (secondary N) is 1. The van der Waals surface area contributed by atoms with Gasteiger partial charge in [0.05, 0.1) is 10.6 Å². The van der Waals surface area contributed by atoms with Gasteiger partial charge in [-0.15, -0.1) is 12.3 Å². The van der Waals surface area contributed by atoms with Crippen molar-refractivity contribution in [3.8, 4) is 12.3 Å². The Labute approximate surface area is 92.3 Å². The molecule has 1 rings (SSSR count). The van der Waals surface area contributed by atoms with Crippen molar-refractivity contribution >= 4 is 23.4 Å². The average molecular weight is 225 g/mol. The summed E-state index contributed by atoms with van der Waals surface area (Å²) in [6.07, 6.45) is 6.87. The molecule has 0 unspecified atom stereocenters. The maximum atomic E-state index is 10.6. The van der Waals surface area contributed by atoms with Crippen LogP contribution in [0.1, 0.15) is 16.8 Å². The fourth-order valence-corrected chi connectivity index (χ4v) is 1.17. The Morgan fingerprint density at radius 1 is 1.73 bits per heavy atom. The van der Waals surface area contributed by atoms with E-state index < -0.39 is 5.97 Å². The van der Waals surface area contributed by atoms with Crippen LogP contribution in [0.25, 0.3) is 0 Å². The number of pyridine rings is 1. The van der Waals surface area contributed by atoms with Gasteiger partial charge in [0.2, 0.25) is 0 Å². The number of hydrogen-bond donors (Lipinski definition) is 2. The first-order valence-electron chi connectivity index (χ1n) is 4.21. The second kappa shape index (κ2) is 5.23. The number of hydrogen-bond acceptors (Lipinski definition) is 3. The monoisotopic (exact) mass is 224 g/mol. The van der Waals surface area contributed by atoms with Crippen molar-refractivity contribution in [3.05, 3.63) is 22.8 Å². The predicted octanol–water partition coefficient (Wildman–Crippen LogP) is 1.87. The summed E-state index contributed by atoms with van der Waals surface area (Å²) in [7, 11) is 0. The fourth-order valence-electron chi connectivity index (χ4n) is 0.938. The molecular weight excluding hydrogens is 216 g/mol. The van der Waals surface area contributed by atoms with Crippen molar-refractivity contribution in [3.63, 3.8) is 0 Å². The summed E-state index contributed by atoms with van der Waals surface area (Å²) >= 11 is 5.81. The van der Waals surface area contributed by atoms with Crippen LogP contribution >= 0.6 is 11.6 Å². The van der Waals surface area contributed by atoms with Crippen molar-refractivity contribution in [1.29, 1.82) is 0 Å². The average Bonchev–Trinajstić information content (AvgIpc) is 2.20. The molecule has 0 radical (unpaired) electrons. The van der Waals surface area contributed by atoms with Crippen molar-refractivity contribution in [2.45, 2.75) is 6.42 Å². The van der Waals surface area contributed by atoms with Gasteiger partial charge < -0.3 is 10.4 Å². The van der Waals surface area contributed by atoms with Gasteiger partial charge >= 0.3 is 5.97 Å². The maximum absolute atomic E-state index is 10.6. The standard InChI is InChI=1S/C10H9ClN2O2/c1-2-3-4-12-9-8(11)5-7(6-13-9)10(14)15/h1,5-6H,3-4H2,(H,12,13)(H,14,15). The molecule has 0 spiro atoms. The summed E-state index contributed by atoms with van der Waals surface area (Å²) in [5, 5.41) is 11.8. The molecule has 0 aromatic carbocycles. The van der Waals surface area contributed by atoms with Gasteiger partial charge in [0.1, 0.15) is 5.82 Å². The van der Waals surface area contributed by atoms with E-state index in [1.165, 1.54) is 12.3 Å². The lowest BCUT2D eigenvalue weighted by Crippen LogP contribution is -2.05. The van der Waals surface area contributed by atoms with E-state index in [-0.39, 0.29) is 10.6 Å². The van der Waals surface area contributed by atoms with Gasteiger partial charge in [-0.25, -0.2) is 9.78 Å². The Bertz CT molecular complexity index is 412. The number of anilines is 1. The van der Waals surface area contributed by atoms with Gasteiger partial charge in [0, 0.05) is 19.2 Å². The summed E-state index contributed by atoms with van der Waals surface area (Å²) in [6, 6.07) is 1.34. The van der Waals surface area contributed by atoms with E-state index in [1.807, 2.05) is 0 Å². The molecule has 5 heteroatoms. The number of carboxylic acids is 1. The van der Waals surface area contributed by atoms with Gasteiger partial charge in [0.25, 0.3) is 0 Å². The van der Waals surface area contributed by atoms with Crippen molar-refractivity contribution in [2.75, 3.05) is 11.9 Å². The quantitative estimate of drug-likeness (QED) is 0.606. The zero-order valence-corrected chi connectivity index (χ0v) is 8.58. The van der Waals surface area contributed by atoms with E-state index in [0.717, 1.165) is 0 Å². The van der Waals surface area contributed by atoms with Gasteiger partial charge in [-0.3, -0.25) is 0 Å². The third-order valence-electron chi connectivity index (χ3n) is 1.65. The minimum absolute atomic E-state index is 0.0579. The Kier molecular flexibility index (Phi) is 3.95. The number of rotatable bonds is 4. The van der Waals surface area contributed by atoms with Crippen molar-refractivity contribution in [2.24, 2.45) is 0 Å². The molecule has 0 aliphatic rings. The summed E-state index contributed by atoms with van der Waals surface area (Å²) in [5.74, 6) is 1.85. The molecule has 0 saturated carbocycles. The van der Waals surface area contributed by atoms with Crippen molar-refractivity contribution < 1.29 is 9.90 Å². The molecule has 0 aliphatic heterocycles. The van der Waals surface area contributed by atoms with Crippen LogP contribution in [0, 0.1) is 12.3 Å². The van der Waals surface area contributed by atoms with E-state index in [4.69, 9.17) is 23.1 Å². The Hall–Kier alpha value is -1.73. The normalized spacial score (nSPS) is 9.33. The number of terminal acetylenes is 1. The molecule has 0 atom stereocenters. The highest BCUT2D eigenvalue weighted by atomic mass is 35.5. The third kappa shape index (κ3) is 3.15. The lowest BCUT2D eigenvalue weighted by molar-refractivity contribution is 0.0696. The van der Waals surface area contributed by atoms with E-state index in [0.29, 0.717) is 18.8 Å². The number of halogens is 1. The molecule has 0 bridgehead atoms. The summed E-state index contributed by atoms with van der Waals surface area (Å²) in [6.45, 7) is 0.551. The topological polar surface area (TPSA) is 62.2 Å². The molecule has 0 aliphatic carbocycles. The fraction of sp³-hybridized carbons (Fsp3) is 0.200. The summed E-state index contributed by atoms with van der Waals surface area (Å²) < 4.78 is 0. The second-order valence-electron chi connectivity index (χ2n) is 2.74. The highest BCUT2D eigenvalue weighted by Crippen LogP contribution is 2.19. The minimum atomic E-state index is -1.06. The number of nitrogens with zero attached hydrogens (tertiary/aromatic N) is 1. The second-order valence-corrected chi connectivity index (χ2v) is 3.15. The predicted molar refractivity (Wildman–Crippen MR) is 58.1 cm³/mol. The Morgan fingerprint density at radius 3 is 3.00 bits per heavy atom. The van der Waals surface area contributed by atoms with Gasteiger partial charge in [0.15, 0.2) is 0 Å². The van der Waals surface area contributed by atoms with E-state index in [2.05, 4.69) is 16.2 Å². The number of aromatic nitrogens is 1. The SMILES string of the molecule is C#CCCNc1ncc(C(=O)O)cc1Cl. The number of carbonyl (C=O) groups is 1. The molecule has 1 heterocycles. The molecule has 0 saturated heterocycles. The maximum Gasteiger partial charge on any atom is 0.337 e. The van der Waals surface area contributed by atoms with Crippen molar-refractivity contribution in [1.82, 2.24) is 4.98 Å². The van der Waals surface area contributed by atoms with Crippen LogP contribution in [-0.4, -0.2) is 22.6 Å². The lowest BCUT2D eigenvalue weighted by Gasteiger charge is -2.05.